The largest absolute Gasteiger partial charge is 0.480 e. The SMILES string of the molecule is CC1CC(NC(C(=O)O)C2CC2)CCO1. The molecule has 2 aliphatic rings. The Balaban J connectivity index is 1.85. The minimum atomic E-state index is -0.698. The Morgan fingerprint density at radius 1 is 1.47 bits per heavy atom. The van der Waals surface area contributed by atoms with E-state index in [1.807, 2.05) is 6.92 Å². The van der Waals surface area contributed by atoms with Gasteiger partial charge in [0.1, 0.15) is 6.04 Å². The van der Waals surface area contributed by atoms with Gasteiger partial charge >= 0.3 is 5.97 Å². The Bertz CT molecular complexity index is 240. The summed E-state index contributed by atoms with van der Waals surface area (Å²) in [7, 11) is 0. The average molecular weight is 213 g/mol. The van der Waals surface area contributed by atoms with Crippen molar-refractivity contribution in [3.05, 3.63) is 0 Å². The van der Waals surface area contributed by atoms with Crippen LogP contribution in [0.4, 0.5) is 0 Å². The molecule has 1 heterocycles. The lowest BCUT2D eigenvalue weighted by Gasteiger charge is -2.30. The number of hydrogen-bond acceptors (Lipinski definition) is 3. The number of nitrogens with one attached hydrogen (secondary N) is 1. The molecule has 4 heteroatoms. The van der Waals surface area contributed by atoms with Crippen molar-refractivity contribution in [1.82, 2.24) is 5.32 Å². The van der Waals surface area contributed by atoms with Crippen LogP contribution in [0.15, 0.2) is 0 Å². The van der Waals surface area contributed by atoms with Gasteiger partial charge in [0.15, 0.2) is 0 Å². The molecular weight excluding hydrogens is 194 g/mol. The number of rotatable bonds is 4. The average Bonchev–Trinajstić information content (AvgIpc) is 2.97. The van der Waals surface area contributed by atoms with Crippen LogP contribution in [0.25, 0.3) is 0 Å². The summed E-state index contributed by atoms with van der Waals surface area (Å²) in [6.45, 7) is 2.79. The quantitative estimate of drug-likeness (QED) is 0.731. The van der Waals surface area contributed by atoms with Crippen LogP contribution in [0.5, 0.6) is 0 Å². The van der Waals surface area contributed by atoms with E-state index in [2.05, 4.69) is 5.32 Å². The normalized spacial score (nSPS) is 33.7. The number of carboxylic acids is 1. The zero-order chi connectivity index (χ0) is 10.8. The third-order valence-electron chi connectivity index (χ3n) is 3.26. The molecule has 0 aromatic rings. The van der Waals surface area contributed by atoms with Gasteiger partial charge in [-0.15, -0.1) is 0 Å². The molecule has 3 atom stereocenters. The minimum Gasteiger partial charge on any atom is -0.480 e. The predicted molar refractivity (Wildman–Crippen MR) is 55.7 cm³/mol. The maximum absolute atomic E-state index is 11.0. The van der Waals surface area contributed by atoms with Crippen LogP contribution in [0, 0.1) is 5.92 Å². The molecule has 0 spiro atoms. The molecule has 1 aliphatic carbocycles. The van der Waals surface area contributed by atoms with Crippen LogP contribution >= 0.6 is 0 Å². The van der Waals surface area contributed by atoms with Gasteiger partial charge in [-0.2, -0.15) is 0 Å². The van der Waals surface area contributed by atoms with Crippen LogP contribution in [-0.2, 0) is 9.53 Å². The molecule has 15 heavy (non-hydrogen) atoms. The summed E-state index contributed by atoms with van der Waals surface area (Å²) in [5, 5.41) is 12.4. The first-order valence-electron chi connectivity index (χ1n) is 5.77. The van der Waals surface area contributed by atoms with Gasteiger partial charge in [-0.25, -0.2) is 0 Å². The van der Waals surface area contributed by atoms with Crippen molar-refractivity contribution in [3.8, 4) is 0 Å². The Kier molecular flexibility index (Phi) is 3.26. The smallest absolute Gasteiger partial charge is 0.320 e. The second-order valence-electron chi connectivity index (χ2n) is 4.72. The number of hydrogen-bond donors (Lipinski definition) is 2. The van der Waals surface area contributed by atoms with E-state index in [0.717, 1.165) is 32.3 Å². The number of carbonyl (C=O) groups is 1. The van der Waals surface area contributed by atoms with Crippen LogP contribution in [-0.4, -0.2) is 35.9 Å². The van der Waals surface area contributed by atoms with E-state index in [-0.39, 0.29) is 12.1 Å². The summed E-state index contributed by atoms with van der Waals surface area (Å²) in [6.07, 6.45) is 4.23. The number of aliphatic carboxylic acids is 1. The van der Waals surface area contributed by atoms with E-state index < -0.39 is 5.97 Å². The maximum Gasteiger partial charge on any atom is 0.320 e. The van der Waals surface area contributed by atoms with Crippen molar-refractivity contribution in [1.29, 1.82) is 0 Å². The third-order valence-corrected chi connectivity index (χ3v) is 3.26. The molecule has 4 nitrogen and oxygen atoms in total. The molecule has 1 saturated carbocycles. The van der Waals surface area contributed by atoms with Crippen molar-refractivity contribution < 1.29 is 14.6 Å². The van der Waals surface area contributed by atoms with E-state index in [4.69, 9.17) is 9.84 Å². The zero-order valence-electron chi connectivity index (χ0n) is 9.11. The first-order chi connectivity index (χ1) is 7.16. The van der Waals surface area contributed by atoms with E-state index in [9.17, 15) is 4.79 Å². The third kappa shape index (κ3) is 2.92. The fourth-order valence-corrected chi connectivity index (χ4v) is 2.24. The fourth-order valence-electron chi connectivity index (χ4n) is 2.24. The van der Waals surface area contributed by atoms with Crippen molar-refractivity contribution in [3.63, 3.8) is 0 Å². The lowest BCUT2D eigenvalue weighted by Crippen LogP contribution is -2.48. The van der Waals surface area contributed by atoms with Gasteiger partial charge in [0.25, 0.3) is 0 Å². The highest BCUT2D eigenvalue weighted by molar-refractivity contribution is 5.74. The molecule has 2 rings (SSSR count). The van der Waals surface area contributed by atoms with Crippen molar-refractivity contribution in [2.75, 3.05) is 6.61 Å². The van der Waals surface area contributed by atoms with E-state index in [0.29, 0.717) is 12.0 Å². The Labute approximate surface area is 90.0 Å². The lowest BCUT2D eigenvalue weighted by molar-refractivity contribution is -0.140. The summed E-state index contributed by atoms with van der Waals surface area (Å²) < 4.78 is 5.44. The molecule has 1 saturated heterocycles. The highest BCUT2D eigenvalue weighted by Gasteiger charge is 2.37. The van der Waals surface area contributed by atoms with Gasteiger partial charge in [-0.1, -0.05) is 0 Å². The topological polar surface area (TPSA) is 58.6 Å². The van der Waals surface area contributed by atoms with E-state index >= 15 is 0 Å². The van der Waals surface area contributed by atoms with Gasteiger partial charge in [-0.3, -0.25) is 4.79 Å². The Morgan fingerprint density at radius 3 is 2.73 bits per heavy atom. The van der Waals surface area contributed by atoms with Crippen molar-refractivity contribution in [2.24, 2.45) is 5.92 Å². The first kappa shape index (κ1) is 10.9. The van der Waals surface area contributed by atoms with E-state index in [1.54, 1.807) is 0 Å². The monoisotopic (exact) mass is 213 g/mol. The zero-order valence-corrected chi connectivity index (χ0v) is 9.11. The van der Waals surface area contributed by atoms with Crippen molar-refractivity contribution >= 4 is 5.97 Å². The molecule has 0 radical (unpaired) electrons. The van der Waals surface area contributed by atoms with Crippen LogP contribution in [0.1, 0.15) is 32.6 Å². The summed E-state index contributed by atoms with van der Waals surface area (Å²) in [5.41, 5.74) is 0. The summed E-state index contributed by atoms with van der Waals surface area (Å²) >= 11 is 0. The summed E-state index contributed by atoms with van der Waals surface area (Å²) in [6, 6.07) is -0.0178. The minimum absolute atomic E-state index is 0.255. The fraction of sp³-hybridized carbons (Fsp3) is 0.909. The highest BCUT2D eigenvalue weighted by atomic mass is 16.5. The Hall–Kier alpha value is -0.610. The van der Waals surface area contributed by atoms with Crippen LogP contribution in [0.2, 0.25) is 0 Å². The standard InChI is InChI=1S/C11H19NO3/c1-7-6-9(4-5-15-7)12-10(11(13)14)8-2-3-8/h7-10,12H,2-6H2,1H3,(H,13,14). The molecule has 2 fully saturated rings. The molecule has 0 aromatic carbocycles. The molecule has 0 amide bonds. The number of carboxylic acid groups (broad SMARTS) is 1. The first-order valence-corrected chi connectivity index (χ1v) is 5.77. The maximum atomic E-state index is 11.0. The summed E-state index contributed by atoms with van der Waals surface area (Å²) in [5.74, 6) is -0.336. The molecule has 1 aliphatic heterocycles. The molecule has 2 N–H and O–H groups in total. The second-order valence-corrected chi connectivity index (χ2v) is 4.72. The molecule has 0 bridgehead atoms. The molecule has 86 valence electrons. The second kappa shape index (κ2) is 4.49. The van der Waals surface area contributed by atoms with Gasteiger partial charge in [0, 0.05) is 12.6 Å². The van der Waals surface area contributed by atoms with Crippen LogP contribution < -0.4 is 5.32 Å². The molecule has 0 aromatic heterocycles. The van der Waals surface area contributed by atoms with E-state index in [1.165, 1.54) is 0 Å². The molecular formula is C11H19NO3. The van der Waals surface area contributed by atoms with Crippen LogP contribution in [0.3, 0.4) is 0 Å². The van der Waals surface area contributed by atoms with Gasteiger partial charge in [-0.05, 0) is 38.5 Å². The molecule has 3 unspecified atom stereocenters. The number of ether oxygens (including phenoxy) is 1. The van der Waals surface area contributed by atoms with Crippen molar-refractivity contribution in [2.45, 2.75) is 50.8 Å². The summed E-state index contributed by atoms with van der Waals surface area (Å²) in [4.78, 5) is 11.0. The van der Waals surface area contributed by atoms with Gasteiger partial charge in [0.05, 0.1) is 6.10 Å². The van der Waals surface area contributed by atoms with Gasteiger partial charge < -0.3 is 15.2 Å². The lowest BCUT2D eigenvalue weighted by atomic mass is 10.0. The highest BCUT2D eigenvalue weighted by Crippen LogP contribution is 2.33. The predicted octanol–water partition coefficient (Wildman–Crippen LogP) is 1.01. The Morgan fingerprint density at radius 2 is 2.20 bits per heavy atom. The van der Waals surface area contributed by atoms with Gasteiger partial charge in [0.2, 0.25) is 0 Å².